The van der Waals surface area contributed by atoms with E-state index >= 15 is 0 Å². The fourth-order valence-corrected chi connectivity index (χ4v) is 1.91. The Morgan fingerprint density at radius 3 is 2.94 bits per heavy atom. The SMILES string of the molecule is CCOC(=O)Cc1cn2c(Br)cccc2n1.Cl. The van der Waals surface area contributed by atoms with Gasteiger partial charge in [0, 0.05) is 6.20 Å². The number of pyridine rings is 1. The zero-order valence-corrected chi connectivity index (χ0v) is 11.6. The summed E-state index contributed by atoms with van der Waals surface area (Å²) in [4.78, 5) is 15.6. The summed E-state index contributed by atoms with van der Waals surface area (Å²) >= 11 is 3.41. The topological polar surface area (TPSA) is 43.6 Å². The van der Waals surface area contributed by atoms with E-state index < -0.39 is 0 Å². The molecule has 0 bridgehead atoms. The maximum atomic E-state index is 11.3. The van der Waals surface area contributed by atoms with E-state index in [0.29, 0.717) is 12.3 Å². The molecule has 2 rings (SSSR count). The molecule has 0 aliphatic rings. The van der Waals surface area contributed by atoms with Gasteiger partial charge in [-0.25, -0.2) is 4.98 Å². The first-order valence-corrected chi connectivity index (χ1v) is 5.78. The van der Waals surface area contributed by atoms with Gasteiger partial charge in [-0.05, 0) is 35.0 Å². The molecule has 0 aliphatic carbocycles. The van der Waals surface area contributed by atoms with E-state index in [9.17, 15) is 4.79 Å². The summed E-state index contributed by atoms with van der Waals surface area (Å²) in [6, 6.07) is 5.71. The number of esters is 1. The summed E-state index contributed by atoms with van der Waals surface area (Å²) in [6.07, 6.45) is 2.04. The molecule has 0 unspecified atom stereocenters. The third-order valence-corrected chi connectivity index (χ3v) is 2.77. The Labute approximate surface area is 114 Å². The number of ether oxygens (including phenoxy) is 1. The van der Waals surface area contributed by atoms with E-state index in [0.717, 1.165) is 10.3 Å². The quantitative estimate of drug-likeness (QED) is 0.645. The van der Waals surface area contributed by atoms with Crippen molar-refractivity contribution in [1.82, 2.24) is 9.38 Å². The largest absolute Gasteiger partial charge is 0.466 e. The lowest BCUT2D eigenvalue weighted by molar-refractivity contribution is -0.142. The Hall–Kier alpha value is -1.07. The summed E-state index contributed by atoms with van der Waals surface area (Å²) in [6.45, 7) is 2.19. The Kier molecular flexibility index (Phi) is 4.96. The van der Waals surface area contributed by atoms with Crippen molar-refractivity contribution < 1.29 is 9.53 Å². The van der Waals surface area contributed by atoms with Crippen LogP contribution in [-0.2, 0) is 16.0 Å². The minimum Gasteiger partial charge on any atom is -0.466 e. The number of carbonyl (C=O) groups is 1. The van der Waals surface area contributed by atoms with E-state index in [-0.39, 0.29) is 24.8 Å². The van der Waals surface area contributed by atoms with Crippen molar-refractivity contribution in [1.29, 1.82) is 0 Å². The molecule has 6 heteroatoms. The van der Waals surface area contributed by atoms with Crippen LogP contribution in [0.25, 0.3) is 5.65 Å². The molecule has 0 radical (unpaired) electrons. The zero-order chi connectivity index (χ0) is 11.5. The highest BCUT2D eigenvalue weighted by Gasteiger charge is 2.08. The standard InChI is InChI=1S/C11H11BrN2O2.ClH/c1-2-16-11(15)6-8-7-14-9(12)4-3-5-10(14)13-8;/h3-5,7H,2,6H2,1H3;1H. The lowest BCUT2D eigenvalue weighted by Gasteiger charge is -1.97. The number of fused-ring (bicyclic) bond motifs is 1. The van der Waals surface area contributed by atoms with Crippen LogP contribution in [0.5, 0.6) is 0 Å². The van der Waals surface area contributed by atoms with E-state index in [1.807, 2.05) is 28.8 Å². The lowest BCUT2D eigenvalue weighted by Crippen LogP contribution is -2.07. The molecule has 2 aromatic heterocycles. The van der Waals surface area contributed by atoms with Crippen LogP contribution in [0.1, 0.15) is 12.6 Å². The number of rotatable bonds is 3. The predicted octanol–water partition coefficient (Wildman–Crippen LogP) is 2.62. The summed E-state index contributed by atoms with van der Waals surface area (Å²) in [5.74, 6) is -0.248. The van der Waals surface area contributed by atoms with Gasteiger partial charge in [-0.1, -0.05) is 6.07 Å². The lowest BCUT2D eigenvalue weighted by atomic mass is 10.3. The van der Waals surface area contributed by atoms with Crippen LogP contribution >= 0.6 is 28.3 Å². The van der Waals surface area contributed by atoms with Gasteiger partial charge in [0.25, 0.3) is 0 Å². The first kappa shape index (κ1) is 14.0. The van der Waals surface area contributed by atoms with Crippen LogP contribution < -0.4 is 0 Å². The first-order valence-electron chi connectivity index (χ1n) is 4.99. The molecule has 0 amide bonds. The van der Waals surface area contributed by atoms with Crippen molar-refractivity contribution in [3.05, 3.63) is 34.7 Å². The molecule has 0 fully saturated rings. The third-order valence-electron chi connectivity index (χ3n) is 2.12. The van der Waals surface area contributed by atoms with Gasteiger partial charge < -0.3 is 4.74 Å². The number of carbonyl (C=O) groups excluding carboxylic acids is 1. The zero-order valence-electron chi connectivity index (χ0n) is 9.22. The molecule has 0 saturated heterocycles. The number of aromatic nitrogens is 2. The maximum absolute atomic E-state index is 11.3. The van der Waals surface area contributed by atoms with Gasteiger partial charge in [0.05, 0.1) is 23.3 Å². The average molecular weight is 320 g/mol. The summed E-state index contributed by atoms with van der Waals surface area (Å²) in [5.41, 5.74) is 1.53. The van der Waals surface area contributed by atoms with Gasteiger partial charge in [0.1, 0.15) is 5.65 Å². The smallest absolute Gasteiger partial charge is 0.311 e. The summed E-state index contributed by atoms with van der Waals surface area (Å²) in [7, 11) is 0. The average Bonchev–Trinajstić information content (AvgIpc) is 2.62. The molecule has 92 valence electrons. The first-order chi connectivity index (χ1) is 7.70. The fraction of sp³-hybridized carbons (Fsp3) is 0.273. The van der Waals surface area contributed by atoms with Crippen LogP contribution in [0.15, 0.2) is 29.0 Å². The number of imidazole rings is 1. The van der Waals surface area contributed by atoms with Crippen LogP contribution in [0, 0.1) is 0 Å². The van der Waals surface area contributed by atoms with Gasteiger partial charge in [0.2, 0.25) is 0 Å². The molecule has 2 heterocycles. The Morgan fingerprint density at radius 1 is 1.53 bits per heavy atom. The molecule has 17 heavy (non-hydrogen) atoms. The van der Waals surface area contributed by atoms with E-state index in [1.54, 1.807) is 6.92 Å². The normalized spacial score (nSPS) is 10.0. The highest BCUT2D eigenvalue weighted by atomic mass is 79.9. The summed E-state index contributed by atoms with van der Waals surface area (Å²) < 4.78 is 7.67. The molecule has 0 aromatic carbocycles. The molecule has 4 nitrogen and oxygen atoms in total. The number of hydrogen-bond acceptors (Lipinski definition) is 3. The minimum absolute atomic E-state index is 0. The molecule has 0 saturated carbocycles. The Balaban J connectivity index is 0.00000144. The molecular weight excluding hydrogens is 307 g/mol. The van der Waals surface area contributed by atoms with Gasteiger partial charge in [-0.15, -0.1) is 12.4 Å². The molecule has 0 spiro atoms. The summed E-state index contributed by atoms with van der Waals surface area (Å²) in [5, 5.41) is 0. The minimum atomic E-state index is -0.248. The predicted molar refractivity (Wildman–Crippen MR) is 70.5 cm³/mol. The van der Waals surface area contributed by atoms with E-state index in [4.69, 9.17) is 4.74 Å². The molecule has 0 atom stereocenters. The second kappa shape index (κ2) is 6.02. The molecular formula is C11H12BrClN2O2. The molecule has 0 aliphatic heterocycles. The van der Waals surface area contributed by atoms with E-state index in [2.05, 4.69) is 20.9 Å². The number of nitrogens with zero attached hydrogens (tertiary/aromatic N) is 2. The van der Waals surface area contributed by atoms with Crippen molar-refractivity contribution in [3.8, 4) is 0 Å². The van der Waals surface area contributed by atoms with Crippen molar-refractivity contribution in [2.24, 2.45) is 0 Å². The Bertz CT molecular complexity index is 527. The van der Waals surface area contributed by atoms with Crippen molar-refractivity contribution in [3.63, 3.8) is 0 Å². The maximum Gasteiger partial charge on any atom is 0.311 e. The van der Waals surface area contributed by atoms with Crippen molar-refractivity contribution >= 4 is 40.0 Å². The highest BCUT2D eigenvalue weighted by Crippen LogP contribution is 2.14. The Morgan fingerprint density at radius 2 is 2.29 bits per heavy atom. The van der Waals surface area contributed by atoms with Crippen LogP contribution in [-0.4, -0.2) is 22.0 Å². The van der Waals surface area contributed by atoms with E-state index in [1.165, 1.54) is 0 Å². The second-order valence-corrected chi connectivity index (χ2v) is 4.10. The third kappa shape index (κ3) is 3.20. The molecule has 0 N–H and O–H groups in total. The van der Waals surface area contributed by atoms with Gasteiger partial charge in [-0.3, -0.25) is 9.20 Å². The molecule has 2 aromatic rings. The van der Waals surface area contributed by atoms with Gasteiger partial charge >= 0.3 is 5.97 Å². The van der Waals surface area contributed by atoms with Crippen LogP contribution in [0.4, 0.5) is 0 Å². The van der Waals surface area contributed by atoms with Crippen molar-refractivity contribution in [2.75, 3.05) is 6.61 Å². The number of halogens is 2. The van der Waals surface area contributed by atoms with Gasteiger partial charge in [-0.2, -0.15) is 0 Å². The second-order valence-electron chi connectivity index (χ2n) is 3.29. The van der Waals surface area contributed by atoms with Gasteiger partial charge in [0.15, 0.2) is 0 Å². The monoisotopic (exact) mass is 318 g/mol. The fourth-order valence-electron chi connectivity index (χ4n) is 1.47. The van der Waals surface area contributed by atoms with Crippen LogP contribution in [0.2, 0.25) is 0 Å². The van der Waals surface area contributed by atoms with Crippen molar-refractivity contribution in [2.45, 2.75) is 13.3 Å². The number of hydrogen-bond donors (Lipinski definition) is 0. The van der Waals surface area contributed by atoms with Crippen LogP contribution in [0.3, 0.4) is 0 Å². The highest BCUT2D eigenvalue weighted by molar-refractivity contribution is 9.10.